The van der Waals surface area contributed by atoms with Gasteiger partial charge in [0.25, 0.3) is 0 Å². The smallest absolute Gasteiger partial charge is 0.349 e. The third-order valence-corrected chi connectivity index (χ3v) is 3.92. The number of unbranched alkanes of at least 4 members (excludes halogenated alkanes) is 1. The molecule has 6 nitrogen and oxygen atoms in total. The molecule has 0 fully saturated rings. The molecule has 1 aliphatic heterocycles. The molecule has 0 saturated heterocycles. The fraction of sp³-hybridized carbons (Fsp3) is 0.500. The number of ether oxygens (including phenoxy) is 2. The maximum Gasteiger partial charge on any atom is 0.349 e. The summed E-state index contributed by atoms with van der Waals surface area (Å²) in [4.78, 5) is 21.9. The van der Waals surface area contributed by atoms with E-state index in [1.54, 1.807) is 0 Å². The van der Waals surface area contributed by atoms with Gasteiger partial charge in [-0.25, -0.2) is 9.59 Å². The van der Waals surface area contributed by atoms with E-state index in [0.717, 1.165) is 19.3 Å². The SMILES string of the molecule is CCCCC1COc2c(C(=O)O)sc(C(=O)O)c2O1. The molecular weight excluding hydrogens is 272 g/mol. The molecule has 1 aromatic rings. The van der Waals surface area contributed by atoms with Crippen LogP contribution in [0.3, 0.4) is 0 Å². The molecule has 2 heterocycles. The Morgan fingerprint density at radius 3 is 2.47 bits per heavy atom. The number of carboxylic acids is 2. The van der Waals surface area contributed by atoms with Gasteiger partial charge in [0.05, 0.1) is 0 Å². The Labute approximate surface area is 113 Å². The van der Waals surface area contributed by atoms with Crippen LogP contribution in [0.25, 0.3) is 0 Å². The van der Waals surface area contributed by atoms with E-state index in [0.29, 0.717) is 11.3 Å². The van der Waals surface area contributed by atoms with Gasteiger partial charge in [0.1, 0.15) is 12.7 Å². The first-order valence-corrected chi connectivity index (χ1v) is 6.79. The fourth-order valence-corrected chi connectivity index (χ4v) is 2.73. The fourth-order valence-electron chi connectivity index (χ4n) is 1.87. The lowest BCUT2D eigenvalue weighted by Gasteiger charge is -2.25. The van der Waals surface area contributed by atoms with Crippen molar-refractivity contribution in [3.8, 4) is 11.5 Å². The molecule has 1 aromatic heterocycles. The standard InChI is InChI=1S/C12H14O6S/c1-2-3-4-6-5-17-7-8(18-6)10(12(15)16)19-9(7)11(13)14/h6H,2-5H2,1H3,(H,13,14)(H,15,16). The molecular formula is C12H14O6S. The molecule has 1 aliphatic rings. The van der Waals surface area contributed by atoms with Gasteiger partial charge in [0, 0.05) is 0 Å². The highest BCUT2D eigenvalue weighted by atomic mass is 32.1. The molecule has 0 radical (unpaired) electrons. The molecule has 0 bridgehead atoms. The number of thiophene rings is 1. The predicted octanol–water partition coefficient (Wildman–Crippen LogP) is 2.47. The van der Waals surface area contributed by atoms with Gasteiger partial charge in [-0.3, -0.25) is 0 Å². The summed E-state index contributed by atoms with van der Waals surface area (Å²) in [5.74, 6) is -2.30. The van der Waals surface area contributed by atoms with Crippen molar-refractivity contribution in [1.29, 1.82) is 0 Å². The second-order valence-corrected chi connectivity index (χ2v) is 5.24. The van der Waals surface area contributed by atoms with Crippen LogP contribution in [0.2, 0.25) is 0 Å². The zero-order valence-electron chi connectivity index (χ0n) is 10.3. The van der Waals surface area contributed by atoms with Crippen LogP contribution in [0.1, 0.15) is 45.5 Å². The third kappa shape index (κ3) is 2.65. The Morgan fingerprint density at radius 2 is 1.89 bits per heavy atom. The summed E-state index contributed by atoms with van der Waals surface area (Å²) >= 11 is 0.668. The number of hydrogen-bond acceptors (Lipinski definition) is 5. The van der Waals surface area contributed by atoms with Gasteiger partial charge in [-0.2, -0.15) is 0 Å². The lowest BCUT2D eigenvalue weighted by molar-refractivity contribution is 0.0622. The first-order chi connectivity index (χ1) is 9.04. The van der Waals surface area contributed by atoms with E-state index in [1.165, 1.54) is 0 Å². The number of carboxylic acid groups (broad SMARTS) is 2. The van der Waals surface area contributed by atoms with Crippen LogP contribution in [0.4, 0.5) is 0 Å². The largest absolute Gasteiger partial charge is 0.484 e. The topological polar surface area (TPSA) is 93.1 Å². The van der Waals surface area contributed by atoms with Crippen molar-refractivity contribution in [2.75, 3.05) is 6.61 Å². The van der Waals surface area contributed by atoms with Crippen molar-refractivity contribution in [3.63, 3.8) is 0 Å². The van der Waals surface area contributed by atoms with E-state index in [1.807, 2.05) is 6.92 Å². The third-order valence-electron chi connectivity index (χ3n) is 2.79. The Kier molecular flexibility index (Phi) is 3.94. The average molecular weight is 286 g/mol. The summed E-state index contributed by atoms with van der Waals surface area (Å²) in [7, 11) is 0. The van der Waals surface area contributed by atoms with Crippen molar-refractivity contribution in [1.82, 2.24) is 0 Å². The summed E-state index contributed by atoms with van der Waals surface area (Å²) in [6.45, 7) is 2.30. The van der Waals surface area contributed by atoms with Crippen LogP contribution in [-0.4, -0.2) is 34.9 Å². The minimum Gasteiger partial charge on any atom is -0.484 e. The van der Waals surface area contributed by atoms with Crippen molar-refractivity contribution < 1.29 is 29.3 Å². The van der Waals surface area contributed by atoms with Crippen LogP contribution < -0.4 is 9.47 Å². The first kappa shape index (κ1) is 13.7. The Balaban J connectivity index is 2.31. The highest BCUT2D eigenvalue weighted by Crippen LogP contribution is 2.45. The Morgan fingerprint density at radius 1 is 1.26 bits per heavy atom. The van der Waals surface area contributed by atoms with Crippen LogP contribution in [0, 0.1) is 0 Å². The molecule has 0 saturated carbocycles. The summed E-state index contributed by atoms with van der Waals surface area (Å²) in [5, 5.41) is 18.1. The maximum atomic E-state index is 11.1. The molecule has 104 valence electrons. The highest BCUT2D eigenvalue weighted by Gasteiger charge is 2.34. The van der Waals surface area contributed by atoms with Gasteiger partial charge in [-0.1, -0.05) is 13.3 Å². The zero-order chi connectivity index (χ0) is 14.0. The van der Waals surface area contributed by atoms with Crippen molar-refractivity contribution in [2.45, 2.75) is 32.3 Å². The Bertz CT molecular complexity index is 507. The predicted molar refractivity (Wildman–Crippen MR) is 67.7 cm³/mol. The van der Waals surface area contributed by atoms with E-state index < -0.39 is 11.9 Å². The summed E-state index contributed by atoms with van der Waals surface area (Å²) in [6.07, 6.45) is 2.49. The molecule has 19 heavy (non-hydrogen) atoms. The Hall–Kier alpha value is -1.76. The molecule has 2 N–H and O–H groups in total. The van der Waals surface area contributed by atoms with E-state index in [9.17, 15) is 9.59 Å². The second-order valence-electron chi connectivity index (χ2n) is 4.22. The summed E-state index contributed by atoms with van der Waals surface area (Å²) in [5.41, 5.74) is 0. The minimum absolute atomic E-state index is 0.0441. The molecule has 2 rings (SSSR count). The number of aromatic carboxylic acids is 2. The zero-order valence-corrected chi connectivity index (χ0v) is 11.2. The normalized spacial score (nSPS) is 17.2. The number of fused-ring (bicyclic) bond motifs is 1. The summed E-state index contributed by atoms with van der Waals surface area (Å²) in [6, 6.07) is 0. The summed E-state index contributed by atoms with van der Waals surface area (Å²) < 4.78 is 11.0. The van der Waals surface area contributed by atoms with Gasteiger partial charge in [-0.15, -0.1) is 11.3 Å². The van der Waals surface area contributed by atoms with Crippen LogP contribution in [-0.2, 0) is 0 Å². The van der Waals surface area contributed by atoms with Gasteiger partial charge in [0.15, 0.2) is 21.3 Å². The van der Waals surface area contributed by atoms with E-state index >= 15 is 0 Å². The highest BCUT2D eigenvalue weighted by molar-refractivity contribution is 7.16. The van der Waals surface area contributed by atoms with Gasteiger partial charge in [0.2, 0.25) is 0 Å². The number of hydrogen-bond donors (Lipinski definition) is 2. The van der Waals surface area contributed by atoms with Crippen molar-refractivity contribution in [3.05, 3.63) is 9.75 Å². The molecule has 1 unspecified atom stereocenters. The van der Waals surface area contributed by atoms with E-state index in [2.05, 4.69) is 0 Å². The second kappa shape index (κ2) is 5.48. The monoisotopic (exact) mass is 286 g/mol. The average Bonchev–Trinajstić information content (AvgIpc) is 2.75. The van der Waals surface area contributed by atoms with Gasteiger partial charge < -0.3 is 19.7 Å². The molecule has 0 aromatic carbocycles. The van der Waals surface area contributed by atoms with Crippen molar-refractivity contribution >= 4 is 23.3 Å². The maximum absolute atomic E-state index is 11.1. The van der Waals surface area contributed by atoms with Gasteiger partial charge in [-0.05, 0) is 12.8 Å². The van der Waals surface area contributed by atoms with E-state index in [4.69, 9.17) is 19.7 Å². The number of carbonyl (C=O) groups is 2. The lowest BCUT2D eigenvalue weighted by atomic mass is 10.1. The van der Waals surface area contributed by atoms with Crippen LogP contribution in [0.5, 0.6) is 11.5 Å². The molecule has 0 spiro atoms. The van der Waals surface area contributed by atoms with Gasteiger partial charge >= 0.3 is 11.9 Å². The minimum atomic E-state index is -1.20. The first-order valence-electron chi connectivity index (χ1n) is 5.97. The quantitative estimate of drug-likeness (QED) is 0.863. The van der Waals surface area contributed by atoms with E-state index in [-0.39, 0.29) is 34.0 Å². The number of rotatable bonds is 5. The lowest BCUT2D eigenvalue weighted by Crippen LogP contribution is -2.29. The molecule has 7 heteroatoms. The van der Waals surface area contributed by atoms with Crippen molar-refractivity contribution in [2.24, 2.45) is 0 Å². The molecule has 1 atom stereocenters. The van der Waals surface area contributed by atoms with Crippen LogP contribution >= 0.6 is 11.3 Å². The molecule has 0 amide bonds. The van der Waals surface area contributed by atoms with Crippen LogP contribution in [0.15, 0.2) is 0 Å². The molecule has 0 aliphatic carbocycles.